The van der Waals surface area contributed by atoms with Crippen LogP contribution in [0.1, 0.15) is 41.0 Å². The van der Waals surface area contributed by atoms with Crippen LogP contribution in [0.25, 0.3) is 55.0 Å². The van der Waals surface area contributed by atoms with E-state index in [2.05, 4.69) is 198 Å². The maximum atomic E-state index is 2.57. The molecule has 1 atom stereocenters. The summed E-state index contributed by atoms with van der Waals surface area (Å²) in [5.41, 5.74) is 20.0. The summed E-state index contributed by atoms with van der Waals surface area (Å²) < 4.78 is 2.44. The van der Waals surface area contributed by atoms with Crippen molar-refractivity contribution >= 4 is 55.2 Å². The van der Waals surface area contributed by atoms with Crippen LogP contribution in [-0.2, 0) is 6.42 Å². The summed E-state index contributed by atoms with van der Waals surface area (Å²) >= 11 is 0. The normalized spacial score (nSPS) is 15.5. The SMILES string of the molecule is C1=C2Cc3ccccc3C3C2=C(CC1)c1c3cccc1N(c1ccc2c(c1)c1ccccc1n2-c1ccc2ccccc2c1)c1ccccc1-c1ccccc1. The predicted molar refractivity (Wildman–Crippen MR) is 235 cm³/mol. The van der Waals surface area contributed by atoms with Gasteiger partial charge < -0.3 is 9.47 Å². The first kappa shape index (κ1) is 31.5. The van der Waals surface area contributed by atoms with Crippen molar-refractivity contribution in [1.82, 2.24) is 4.57 Å². The number of allylic oxidation sites excluding steroid dienone is 4. The minimum absolute atomic E-state index is 0.269. The molecule has 2 nitrogen and oxygen atoms in total. The van der Waals surface area contributed by atoms with Crippen LogP contribution >= 0.6 is 0 Å². The van der Waals surface area contributed by atoms with Crippen molar-refractivity contribution in [3.05, 3.63) is 221 Å². The molecule has 0 aliphatic heterocycles. The first-order valence-electron chi connectivity index (χ1n) is 19.9. The van der Waals surface area contributed by atoms with Gasteiger partial charge in [-0.2, -0.15) is 0 Å². The molecule has 3 aliphatic rings. The molecule has 12 rings (SSSR count). The number of anilines is 3. The molecule has 1 unspecified atom stereocenters. The molecule has 0 N–H and O–H groups in total. The second kappa shape index (κ2) is 12.3. The molecule has 0 spiro atoms. The Balaban J connectivity index is 1.13. The summed E-state index contributed by atoms with van der Waals surface area (Å²) in [4.78, 5) is 2.57. The standard InChI is InChI=1S/C54H38N2/c1-2-15-36(16-3-1)42-20-8-10-25-48(42)56(51-27-13-24-46-53(51)45-23-12-19-39-32-38-18-6-7-21-43(38)54(46)52(39)45)41-30-31-50-47(34-41)44-22-9-11-26-49(44)55(50)40-29-28-35-14-4-5-17-37(35)33-40/h1-11,13-22,24-31,33-34,54H,12,23,32H2. The fourth-order valence-electron chi connectivity index (χ4n) is 10.2. The highest BCUT2D eigenvalue weighted by Gasteiger charge is 2.41. The molecule has 8 aromatic carbocycles. The van der Waals surface area contributed by atoms with Crippen molar-refractivity contribution in [2.75, 3.05) is 4.90 Å². The van der Waals surface area contributed by atoms with Gasteiger partial charge in [0.05, 0.1) is 22.4 Å². The van der Waals surface area contributed by atoms with E-state index in [0.717, 1.165) is 24.9 Å². The number of hydrogen-bond donors (Lipinski definition) is 0. The molecular formula is C54H38N2. The third-order valence-electron chi connectivity index (χ3n) is 12.6. The summed E-state index contributed by atoms with van der Waals surface area (Å²) in [6.45, 7) is 0. The van der Waals surface area contributed by atoms with Crippen molar-refractivity contribution in [2.45, 2.75) is 25.2 Å². The van der Waals surface area contributed by atoms with Crippen molar-refractivity contribution in [3.63, 3.8) is 0 Å². The molecule has 2 heteroatoms. The van der Waals surface area contributed by atoms with Gasteiger partial charge in [0.15, 0.2) is 0 Å². The number of aromatic nitrogens is 1. The summed E-state index contributed by atoms with van der Waals surface area (Å²) in [5, 5.41) is 4.99. The number of hydrogen-bond acceptors (Lipinski definition) is 1. The van der Waals surface area contributed by atoms with E-state index >= 15 is 0 Å². The molecule has 0 radical (unpaired) electrons. The average Bonchev–Trinajstić information content (AvgIpc) is 3.78. The van der Waals surface area contributed by atoms with Crippen LogP contribution in [0, 0.1) is 0 Å². The topological polar surface area (TPSA) is 8.17 Å². The summed E-state index contributed by atoms with van der Waals surface area (Å²) in [5.74, 6) is 0.269. The van der Waals surface area contributed by atoms with Crippen LogP contribution in [0.15, 0.2) is 199 Å². The number of para-hydroxylation sites is 2. The molecule has 1 heterocycles. The van der Waals surface area contributed by atoms with E-state index in [1.165, 1.54) is 94.2 Å². The van der Waals surface area contributed by atoms with Gasteiger partial charge in [-0.05, 0) is 118 Å². The zero-order valence-electron chi connectivity index (χ0n) is 31.0. The van der Waals surface area contributed by atoms with E-state index in [1.807, 2.05) is 0 Å². The van der Waals surface area contributed by atoms with Gasteiger partial charge in [-0.1, -0.05) is 140 Å². The molecular weight excluding hydrogens is 677 g/mol. The molecule has 0 amide bonds. The lowest BCUT2D eigenvalue weighted by Gasteiger charge is -2.31. The molecule has 3 aliphatic carbocycles. The zero-order valence-corrected chi connectivity index (χ0v) is 31.0. The first-order chi connectivity index (χ1) is 27.8. The number of fused-ring (bicyclic) bond motifs is 9. The van der Waals surface area contributed by atoms with E-state index in [9.17, 15) is 0 Å². The van der Waals surface area contributed by atoms with E-state index in [1.54, 1.807) is 5.57 Å². The van der Waals surface area contributed by atoms with Gasteiger partial charge in [-0.15, -0.1) is 0 Å². The third-order valence-corrected chi connectivity index (χ3v) is 12.6. The fourth-order valence-corrected chi connectivity index (χ4v) is 10.2. The Morgan fingerprint density at radius 2 is 1.29 bits per heavy atom. The first-order valence-corrected chi connectivity index (χ1v) is 19.9. The molecule has 1 aromatic heterocycles. The van der Waals surface area contributed by atoms with E-state index in [4.69, 9.17) is 0 Å². The smallest absolute Gasteiger partial charge is 0.0542 e. The minimum Gasteiger partial charge on any atom is -0.309 e. The highest BCUT2D eigenvalue weighted by Crippen LogP contribution is 2.59. The summed E-state index contributed by atoms with van der Waals surface area (Å²) in [6.07, 6.45) is 5.69. The van der Waals surface area contributed by atoms with E-state index in [0.29, 0.717) is 0 Å². The molecule has 0 saturated carbocycles. The Bertz CT molecular complexity index is 3120. The van der Waals surface area contributed by atoms with Gasteiger partial charge in [0.25, 0.3) is 0 Å². The lowest BCUT2D eigenvalue weighted by atomic mass is 9.73. The Kier molecular flexibility index (Phi) is 6.91. The molecule has 0 fully saturated rings. The predicted octanol–water partition coefficient (Wildman–Crippen LogP) is 14.2. The van der Waals surface area contributed by atoms with E-state index < -0.39 is 0 Å². The van der Waals surface area contributed by atoms with Gasteiger partial charge >= 0.3 is 0 Å². The Morgan fingerprint density at radius 3 is 2.23 bits per heavy atom. The molecule has 56 heavy (non-hydrogen) atoms. The monoisotopic (exact) mass is 714 g/mol. The average molecular weight is 715 g/mol. The van der Waals surface area contributed by atoms with Gasteiger partial charge in [-0.3, -0.25) is 0 Å². The number of nitrogens with zero attached hydrogens (tertiary/aromatic N) is 2. The summed E-state index contributed by atoms with van der Waals surface area (Å²) in [7, 11) is 0. The van der Waals surface area contributed by atoms with Crippen LogP contribution in [-0.4, -0.2) is 4.57 Å². The second-order valence-corrected chi connectivity index (χ2v) is 15.5. The Morgan fingerprint density at radius 1 is 0.536 bits per heavy atom. The summed E-state index contributed by atoms with van der Waals surface area (Å²) in [6, 6.07) is 67.6. The van der Waals surface area contributed by atoms with Crippen molar-refractivity contribution in [3.8, 4) is 16.8 Å². The number of benzene rings is 8. The lowest BCUT2D eigenvalue weighted by Crippen LogP contribution is -2.15. The maximum Gasteiger partial charge on any atom is 0.0542 e. The van der Waals surface area contributed by atoms with Crippen LogP contribution in [0.4, 0.5) is 17.1 Å². The quantitative estimate of drug-likeness (QED) is 0.172. The van der Waals surface area contributed by atoms with E-state index in [-0.39, 0.29) is 5.92 Å². The van der Waals surface area contributed by atoms with Gasteiger partial charge in [0.1, 0.15) is 0 Å². The number of rotatable bonds is 5. The van der Waals surface area contributed by atoms with Gasteiger partial charge in [0.2, 0.25) is 0 Å². The molecule has 0 bridgehead atoms. The largest absolute Gasteiger partial charge is 0.309 e. The van der Waals surface area contributed by atoms with Crippen molar-refractivity contribution < 1.29 is 0 Å². The zero-order chi connectivity index (χ0) is 36.7. The third kappa shape index (κ3) is 4.63. The van der Waals surface area contributed by atoms with Gasteiger partial charge in [0, 0.05) is 39.2 Å². The van der Waals surface area contributed by atoms with Crippen molar-refractivity contribution in [2.24, 2.45) is 0 Å². The molecule has 9 aromatic rings. The Labute approximate surface area is 326 Å². The minimum atomic E-state index is 0.269. The van der Waals surface area contributed by atoms with Crippen LogP contribution < -0.4 is 4.90 Å². The van der Waals surface area contributed by atoms with Crippen LogP contribution in [0.2, 0.25) is 0 Å². The lowest BCUT2D eigenvalue weighted by molar-refractivity contribution is 0.863. The maximum absolute atomic E-state index is 2.57. The molecule has 0 saturated heterocycles. The highest BCUT2D eigenvalue weighted by atomic mass is 15.1. The Hall–Kier alpha value is -6.90. The van der Waals surface area contributed by atoms with Crippen LogP contribution in [0.3, 0.4) is 0 Å². The van der Waals surface area contributed by atoms with Crippen LogP contribution in [0.5, 0.6) is 0 Å². The van der Waals surface area contributed by atoms with Gasteiger partial charge in [-0.25, -0.2) is 0 Å². The highest BCUT2D eigenvalue weighted by molar-refractivity contribution is 6.11. The van der Waals surface area contributed by atoms with Crippen molar-refractivity contribution in [1.29, 1.82) is 0 Å². The molecule has 264 valence electrons. The fraction of sp³-hybridized carbons (Fsp3) is 0.0741. The second-order valence-electron chi connectivity index (χ2n) is 15.5.